The van der Waals surface area contributed by atoms with Crippen LogP contribution >= 0.6 is 11.3 Å². The minimum atomic E-state index is 0.0499. The first-order chi connectivity index (χ1) is 10.9. The van der Waals surface area contributed by atoms with E-state index in [4.69, 9.17) is 4.74 Å². The standard InChI is InChI=1S/C17H23N3O2S/c1-10-9-14(23-12(10)3)16(21)20-8-6-7-13(20)15-11(2)18-19(4)17(15)22-5/h9,13H,6-8H2,1-5H3/t13-/m1/s1. The predicted molar refractivity (Wildman–Crippen MR) is 91.3 cm³/mol. The van der Waals surface area contributed by atoms with Gasteiger partial charge in [0, 0.05) is 18.5 Å². The summed E-state index contributed by atoms with van der Waals surface area (Å²) in [6.07, 6.45) is 1.97. The molecule has 0 bridgehead atoms. The lowest BCUT2D eigenvalue weighted by molar-refractivity contribution is 0.0738. The lowest BCUT2D eigenvalue weighted by atomic mass is 10.0. The second kappa shape index (κ2) is 6.00. The highest BCUT2D eigenvalue weighted by atomic mass is 32.1. The first-order valence-electron chi connectivity index (χ1n) is 7.89. The molecule has 0 spiro atoms. The van der Waals surface area contributed by atoms with Crippen LogP contribution in [0.3, 0.4) is 0 Å². The Kier molecular flexibility index (Phi) is 4.19. The van der Waals surface area contributed by atoms with Crippen LogP contribution in [-0.4, -0.2) is 34.2 Å². The molecule has 0 N–H and O–H groups in total. The van der Waals surface area contributed by atoms with Gasteiger partial charge in [-0.2, -0.15) is 5.10 Å². The monoisotopic (exact) mass is 333 g/mol. The van der Waals surface area contributed by atoms with E-state index in [1.807, 2.05) is 24.9 Å². The number of thiophene rings is 1. The average molecular weight is 333 g/mol. The van der Waals surface area contributed by atoms with Gasteiger partial charge in [-0.15, -0.1) is 11.3 Å². The maximum Gasteiger partial charge on any atom is 0.264 e. The molecule has 6 heteroatoms. The number of methoxy groups -OCH3 is 1. The summed E-state index contributed by atoms with van der Waals surface area (Å²) >= 11 is 1.58. The van der Waals surface area contributed by atoms with Gasteiger partial charge in [-0.1, -0.05) is 0 Å². The van der Waals surface area contributed by atoms with E-state index in [0.29, 0.717) is 0 Å². The zero-order valence-corrected chi connectivity index (χ0v) is 15.2. The van der Waals surface area contributed by atoms with Crippen molar-refractivity contribution in [3.05, 3.63) is 32.6 Å². The van der Waals surface area contributed by atoms with Gasteiger partial charge in [0.1, 0.15) is 0 Å². The van der Waals surface area contributed by atoms with Gasteiger partial charge in [0.05, 0.1) is 29.3 Å². The number of carbonyl (C=O) groups is 1. The third-order valence-corrected chi connectivity index (χ3v) is 5.77. The van der Waals surface area contributed by atoms with Crippen molar-refractivity contribution in [3.8, 4) is 5.88 Å². The summed E-state index contributed by atoms with van der Waals surface area (Å²) in [6.45, 7) is 6.89. The van der Waals surface area contributed by atoms with Crippen LogP contribution in [0, 0.1) is 20.8 Å². The molecule has 0 unspecified atom stereocenters. The van der Waals surface area contributed by atoms with Gasteiger partial charge in [-0.05, 0) is 45.2 Å². The zero-order valence-electron chi connectivity index (χ0n) is 14.3. The highest BCUT2D eigenvalue weighted by molar-refractivity contribution is 7.14. The zero-order chi connectivity index (χ0) is 16.7. The number of aromatic nitrogens is 2. The fourth-order valence-electron chi connectivity index (χ4n) is 3.41. The van der Waals surface area contributed by atoms with Gasteiger partial charge in [-0.25, -0.2) is 4.68 Å². The van der Waals surface area contributed by atoms with Gasteiger partial charge in [0.25, 0.3) is 5.91 Å². The first-order valence-corrected chi connectivity index (χ1v) is 8.71. The van der Waals surface area contributed by atoms with Crippen molar-refractivity contribution in [2.45, 2.75) is 39.7 Å². The van der Waals surface area contributed by atoms with Crippen molar-refractivity contribution in [2.75, 3.05) is 13.7 Å². The molecule has 1 aliphatic heterocycles. The minimum Gasteiger partial charge on any atom is -0.481 e. The predicted octanol–water partition coefficient (Wildman–Crippen LogP) is 3.39. The maximum absolute atomic E-state index is 13.0. The second-order valence-electron chi connectivity index (χ2n) is 6.14. The molecule has 1 fully saturated rings. The molecule has 1 saturated heterocycles. The summed E-state index contributed by atoms with van der Waals surface area (Å²) < 4.78 is 7.29. The molecule has 3 heterocycles. The molecule has 0 saturated carbocycles. The Bertz CT molecular complexity index is 728. The van der Waals surface area contributed by atoms with E-state index in [1.54, 1.807) is 23.1 Å². The number of hydrogen-bond donors (Lipinski definition) is 0. The molecule has 5 nitrogen and oxygen atoms in total. The minimum absolute atomic E-state index is 0.0499. The van der Waals surface area contributed by atoms with Crippen LogP contribution in [0.25, 0.3) is 0 Å². The van der Waals surface area contributed by atoms with Gasteiger partial charge >= 0.3 is 0 Å². The highest BCUT2D eigenvalue weighted by Crippen LogP contribution is 2.40. The Morgan fingerprint density at radius 3 is 2.74 bits per heavy atom. The number of nitrogens with zero attached hydrogens (tertiary/aromatic N) is 3. The van der Waals surface area contributed by atoms with Gasteiger partial charge in [-0.3, -0.25) is 4.79 Å². The molecular weight excluding hydrogens is 310 g/mol. The summed E-state index contributed by atoms with van der Waals surface area (Å²) in [4.78, 5) is 17.0. The van der Waals surface area contributed by atoms with Crippen LogP contribution in [0.1, 0.15) is 50.3 Å². The van der Waals surface area contributed by atoms with Crippen molar-refractivity contribution in [1.29, 1.82) is 0 Å². The van der Waals surface area contributed by atoms with E-state index < -0.39 is 0 Å². The van der Waals surface area contributed by atoms with Gasteiger partial charge < -0.3 is 9.64 Å². The second-order valence-corrected chi connectivity index (χ2v) is 7.39. The highest BCUT2D eigenvalue weighted by Gasteiger charge is 2.35. The number of aryl methyl sites for hydroxylation is 4. The topological polar surface area (TPSA) is 47.4 Å². The average Bonchev–Trinajstić information content (AvgIpc) is 3.17. The Morgan fingerprint density at radius 2 is 2.13 bits per heavy atom. The normalized spacial score (nSPS) is 17.8. The molecule has 2 aromatic rings. The fraction of sp³-hybridized carbons (Fsp3) is 0.529. The number of ether oxygens (including phenoxy) is 1. The van der Waals surface area contributed by atoms with Crippen LogP contribution in [0.2, 0.25) is 0 Å². The van der Waals surface area contributed by atoms with Crippen LogP contribution in [-0.2, 0) is 7.05 Å². The SMILES string of the molecule is COc1c([C@H]2CCCN2C(=O)c2cc(C)c(C)s2)c(C)nn1C. The molecule has 1 aliphatic rings. The molecule has 1 atom stereocenters. The van der Waals surface area contributed by atoms with Crippen LogP contribution in [0.15, 0.2) is 6.07 Å². The smallest absolute Gasteiger partial charge is 0.264 e. The summed E-state index contributed by atoms with van der Waals surface area (Å²) in [5.41, 5.74) is 3.17. The third kappa shape index (κ3) is 2.65. The number of amides is 1. The van der Waals surface area contributed by atoms with Crippen LogP contribution in [0.4, 0.5) is 0 Å². The molecular formula is C17H23N3O2S. The summed E-state index contributed by atoms with van der Waals surface area (Å²) in [5.74, 6) is 0.879. The molecule has 23 heavy (non-hydrogen) atoms. The molecule has 3 rings (SSSR count). The first kappa shape index (κ1) is 16.1. The maximum atomic E-state index is 13.0. The number of likely N-dealkylation sites (tertiary alicyclic amines) is 1. The number of carbonyl (C=O) groups excluding carboxylic acids is 1. The number of rotatable bonds is 3. The summed E-state index contributed by atoms with van der Waals surface area (Å²) in [6, 6.07) is 2.05. The van der Waals surface area contributed by atoms with Crippen molar-refractivity contribution < 1.29 is 9.53 Å². The van der Waals surface area contributed by atoms with Gasteiger partial charge in [0.15, 0.2) is 0 Å². The molecule has 0 aromatic carbocycles. The molecule has 124 valence electrons. The van der Waals surface area contributed by atoms with Crippen LogP contribution < -0.4 is 4.74 Å². The fourth-order valence-corrected chi connectivity index (χ4v) is 4.40. The molecule has 0 radical (unpaired) electrons. The molecule has 0 aliphatic carbocycles. The summed E-state index contributed by atoms with van der Waals surface area (Å²) in [7, 11) is 3.54. The Balaban J connectivity index is 1.96. The lowest BCUT2D eigenvalue weighted by Crippen LogP contribution is -2.30. The third-order valence-electron chi connectivity index (χ3n) is 4.63. The van der Waals surface area contributed by atoms with Crippen molar-refractivity contribution >= 4 is 17.2 Å². The van der Waals surface area contributed by atoms with Crippen molar-refractivity contribution in [2.24, 2.45) is 7.05 Å². The van der Waals surface area contributed by atoms with Crippen LogP contribution in [0.5, 0.6) is 5.88 Å². The Morgan fingerprint density at radius 1 is 1.39 bits per heavy atom. The van der Waals surface area contributed by atoms with E-state index in [-0.39, 0.29) is 11.9 Å². The van der Waals surface area contributed by atoms with E-state index in [0.717, 1.165) is 41.4 Å². The van der Waals surface area contributed by atoms with Gasteiger partial charge in [0.2, 0.25) is 5.88 Å². The Hall–Kier alpha value is -1.82. The molecule has 2 aromatic heterocycles. The van der Waals surface area contributed by atoms with E-state index >= 15 is 0 Å². The number of hydrogen-bond acceptors (Lipinski definition) is 4. The lowest BCUT2D eigenvalue weighted by Gasteiger charge is -2.24. The van der Waals surface area contributed by atoms with E-state index in [9.17, 15) is 4.79 Å². The van der Waals surface area contributed by atoms with Crippen molar-refractivity contribution in [1.82, 2.24) is 14.7 Å². The van der Waals surface area contributed by atoms with E-state index in [2.05, 4.69) is 18.9 Å². The molecule has 1 amide bonds. The van der Waals surface area contributed by atoms with E-state index in [1.165, 1.54) is 10.4 Å². The summed E-state index contributed by atoms with van der Waals surface area (Å²) in [5, 5.41) is 4.47. The quantitative estimate of drug-likeness (QED) is 0.865. The largest absolute Gasteiger partial charge is 0.481 e. The van der Waals surface area contributed by atoms with Crippen molar-refractivity contribution in [3.63, 3.8) is 0 Å². The Labute approximate surface area is 140 Å².